The van der Waals surface area contributed by atoms with Gasteiger partial charge < -0.3 is 14.6 Å². The monoisotopic (exact) mass is 485 g/mol. The Morgan fingerprint density at radius 2 is 1.93 bits per heavy atom. The molecule has 3 aromatic rings. The first-order valence-electron chi connectivity index (χ1n) is 8.35. The maximum Gasteiger partial charge on any atom is 0.341 e. The molecule has 0 aliphatic carbocycles. The molecule has 140 valence electrons. The smallest absolute Gasteiger partial charge is 0.341 e. The third kappa shape index (κ3) is 4.43. The number of allylic oxidation sites excluding steroid dienone is 1. The molecule has 0 fully saturated rings. The van der Waals surface area contributed by atoms with Gasteiger partial charge in [-0.2, -0.15) is 5.26 Å². The van der Waals surface area contributed by atoms with Gasteiger partial charge in [0.25, 0.3) is 0 Å². The van der Waals surface area contributed by atoms with Crippen molar-refractivity contribution in [2.75, 3.05) is 13.7 Å². The Kier molecular flexibility index (Phi) is 6.16. The van der Waals surface area contributed by atoms with Crippen LogP contribution >= 0.6 is 22.6 Å². The van der Waals surface area contributed by atoms with Gasteiger partial charge in [-0.1, -0.05) is 36.4 Å². The lowest BCUT2D eigenvalue weighted by molar-refractivity contribution is -0.139. The molecular formula is C22H16INO4. The van der Waals surface area contributed by atoms with E-state index in [4.69, 9.17) is 14.6 Å². The highest BCUT2D eigenvalue weighted by Crippen LogP contribution is 2.35. The number of halogens is 1. The number of hydrogen-bond donors (Lipinski definition) is 1. The van der Waals surface area contributed by atoms with E-state index in [1.54, 1.807) is 12.1 Å². The fourth-order valence-corrected chi connectivity index (χ4v) is 3.58. The highest BCUT2D eigenvalue weighted by molar-refractivity contribution is 14.1. The predicted molar refractivity (Wildman–Crippen MR) is 116 cm³/mol. The maximum absolute atomic E-state index is 10.8. The summed E-state index contributed by atoms with van der Waals surface area (Å²) in [5, 5.41) is 20.7. The lowest BCUT2D eigenvalue weighted by Gasteiger charge is -2.12. The van der Waals surface area contributed by atoms with Gasteiger partial charge in [-0.15, -0.1) is 0 Å². The average molecular weight is 485 g/mol. The van der Waals surface area contributed by atoms with Crippen molar-refractivity contribution in [1.29, 1.82) is 5.26 Å². The molecule has 0 unspecified atom stereocenters. The molecule has 0 saturated heterocycles. The number of ether oxygens (including phenoxy) is 2. The second kappa shape index (κ2) is 8.76. The summed E-state index contributed by atoms with van der Waals surface area (Å²) >= 11 is 2.06. The van der Waals surface area contributed by atoms with Crippen LogP contribution in [0, 0.1) is 14.9 Å². The number of carbonyl (C=O) groups is 1. The summed E-state index contributed by atoms with van der Waals surface area (Å²) in [5.74, 6) is -0.285. The highest BCUT2D eigenvalue weighted by atomic mass is 127. The number of hydrogen-bond acceptors (Lipinski definition) is 4. The van der Waals surface area contributed by atoms with Crippen molar-refractivity contribution in [2.45, 2.75) is 0 Å². The van der Waals surface area contributed by atoms with Gasteiger partial charge in [-0.3, -0.25) is 0 Å². The number of benzene rings is 3. The summed E-state index contributed by atoms with van der Waals surface area (Å²) < 4.78 is 11.4. The lowest BCUT2D eigenvalue weighted by Crippen LogP contribution is -2.11. The van der Waals surface area contributed by atoms with Crippen LogP contribution in [0.25, 0.3) is 22.4 Å². The third-order valence-corrected chi connectivity index (χ3v) is 4.88. The van der Waals surface area contributed by atoms with Gasteiger partial charge in [0.15, 0.2) is 18.1 Å². The first kappa shape index (κ1) is 19.7. The molecule has 0 heterocycles. The molecule has 0 bridgehead atoms. The summed E-state index contributed by atoms with van der Waals surface area (Å²) in [6.45, 7) is -0.456. The minimum Gasteiger partial charge on any atom is -0.493 e. The molecule has 28 heavy (non-hydrogen) atoms. The van der Waals surface area contributed by atoms with Crippen LogP contribution < -0.4 is 9.47 Å². The van der Waals surface area contributed by atoms with E-state index in [1.807, 2.05) is 48.5 Å². The van der Waals surface area contributed by atoms with Gasteiger partial charge in [0.2, 0.25) is 0 Å². The zero-order valence-corrected chi connectivity index (χ0v) is 17.1. The van der Waals surface area contributed by atoms with E-state index in [0.29, 0.717) is 20.6 Å². The van der Waals surface area contributed by atoms with Crippen LogP contribution in [0.1, 0.15) is 11.1 Å². The predicted octanol–water partition coefficient (Wildman–Crippen LogP) is 4.98. The van der Waals surface area contributed by atoms with Crippen LogP contribution in [0.5, 0.6) is 11.5 Å². The van der Waals surface area contributed by atoms with E-state index in [9.17, 15) is 10.1 Å². The number of methoxy groups -OCH3 is 1. The number of aliphatic carboxylic acids is 1. The van der Waals surface area contributed by atoms with Crippen LogP contribution in [-0.2, 0) is 4.79 Å². The van der Waals surface area contributed by atoms with Crippen molar-refractivity contribution < 1.29 is 19.4 Å². The van der Waals surface area contributed by atoms with Crippen LogP contribution in [-0.4, -0.2) is 24.8 Å². The normalized spacial score (nSPS) is 11.1. The van der Waals surface area contributed by atoms with E-state index in [1.165, 1.54) is 7.11 Å². The van der Waals surface area contributed by atoms with E-state index in [0.717, 1.165) is 21.9 Å². The first-order chi connectivity index (χ1) is 13.5. The third-order valence-electron chi connectivity index (χ3n) is 4.08. The average Bonchev–Trinajstić information content (AvgIpc) is 2.70. The zero-order chi connectivity index (χ0) is 20.1. The van der Waals surface area contributed by atoms with Gasteiger partial charge in [0.1, 0.15) is 0 Å². The Balaban J connectivity index is 2.00. The van der Waals surface area contributed by atoms with Gasteiger partial charge >= 0.3 is 5.97 Å². The first-order valence-corrected chi connectivity index (χ1v) is 9.43. The lowest BCUT2D eigenvalue weighted by atomic mass is 10.00. The molecule has 6 heteroatoms. The van der Waals surface area contributed by atoms with Gasteiger partial charge in [-0.05, 0) is 68.8 Å². The van der Waals surface area contributed by atoms with Crippen molar-refractivity contribution in [3.63, 3.8) is 0 Å². The van der Waals surface area contributed by atoms with Crippen LogP contribution in [0.4, 0.5) is 0 Å². The molecule has 0 amide bonds. The van der Waals surface area contributed by atoms with Crippen molar-refractivity contribution in [3.8, 4) is 17.6 Å². The van der Waals surface area contributed by atoms with Gasteiger partial charge in [-0.25, -0.2) is 4.79 Å². The fraction of sp³-hybridized carbons (Fsp3) is 0.0909. The standard InChI is InChI=1S/C22H16INO4/c1-27-20-10-14(9-19(23)22(20)28-13-21(25)26)8-18(12-24)17-7-6-15-4-2-3-5-16(15)11-17/h2-11H,13H2,1H3,(H,25,26)/b18-8-. The maximum atomic E-state index is 10.8. The second-order valence-electron chi connectivity index (χ2n) is 5.95. The molecule has 0 atom stereocenters. The summed E-state index contributed by atoms with van der Waals surface area (Å²) in [5.41, 5.74) is 2.10. The quantitative estimate of drug-likeness (QED) is 0.303. The summed E-state index contributed by atoms with van der Waals surface area (Å²) in [6.07, 6.45) is 1.77. The van der Waals surface area contributed by atoms with E-state index in [2.05, 4.69) is 28.7 Å². The molecular weight excluding hydrogens is 469 g/mol. The van der Waals surface area contributed by atoms with E-state index < -0.39 is 12.6 Å². The molecule has 3 rings (SSSR count). The molecule has 0 aliphatic heterocycles. The molecule has 3 aromatic carbocycles. The van der Waals surface area contributed by atoms with Crippen LogP contribution in [0.3, 0.4) is 0 Å². The number of carboxylic acids is 1. The van der Waals surface area contributed by atoms with Crippen molar-refractivity contribution in [1.82, 2.24) is 0 Å². The van der Waals surface area contributed by atoms with Gasteiger partial charge in [0.05, 0.1) is 22.3 Å². The number of fused-ring (bicyclic) bond motifs is 1. The SMILES string of the molecule is COc1cc(/C=C(/C#N)c2ccc3ccccc3c2)cc(I)c1OCC(=O)O. The fourth-order valence-electron chi connectivity index (χ4n) is 2.80. The summed E-state index contributed by atoms with van der Waals surface area (Å²) in [4.78, 5) is 10.8. The molecule has 0 radical (unpaired) electrons. The molecule has 5 nitrogen and oxygen atoms in total. The number of rotatable bonds is 6. The largest absolute Gasteiger partial charge is 0.493 e. The Hall–Kier alpha value is -3.05. The topological polar surface area (TPSA) is 79.5 Å². The molecule has 1 N–H and O–H groups in total. The Bertz CT molecular complexity index is 1120. The molecule has 0 spiro atoms. The number of nitriles is 1. The highest BCUT2D eigenvalue weighted by Gasteiger charge is 2.13. The van der Waals surface area contributed by atoms with Crippen molar-refractivity contribution in [2.24, 2.45) is 0 Å². The Morgan fingerprint density at radius 1 is 1.18 bits per heavy atom. The molecule has 0 aliphatic rings. The number of nitrogens with zero attached hydrogens (tertiary/aromatic N) is 1. The Labute approximate surface area is 176 Å². The Morgan fingerprint density at radius 3 is 2.61 bits per heavy atom. The minimum absolute atomic E-state index is 0.367. The van der Waals surface area contributed by atoms with Gasteiger partial charge in [0, 0.05) is 0 Å². The second-order valence-corrected chi connectivity index (χ2v) is 7.11. The minimum atomic E-state index is -1.06. The zero-order valence-electron chi connectivity index (χ0n) is 15.0. The van der Waals surface area contributed by atoms with Crippen LogP contribution in [0.2, 0.25) is 0 Å². The van der Waals surface area contributed by atoms with E-state index >= 15 is 0 Å². The van der Waals surface area contributed by atoms with E-state index in [-0.39, 0.29) is 0 Å². The van der Waals surface area contributed by atoms with Crippen molar-refractivity contribution in [3.05, 3.63) is 69.3 Å². The van der Waals surface area contributed by atoms with Crippen LogP contribution in [0.15, 0.2) is 54.6 Å². The molecule has 0 aromatic heterocycles. The summed E-state index contributed by atoms with van der Waals surface area (Å²) in [6, 6.07) is 19.7. The van der Waals surface area contributed by atoms with Crippen molar-refractivity contribution >= 4 is 51.0 Å². The number of carboxylic acid groups (broad SMARTS) is 1. The molecule has 0 saturated carbocycles. The summed E-state index contributed by atoms with van der Waals surface area (Å²) in [7, 11) is 1.49.